The summed E-state index contributed by atoms with van der Waals surface area (Å²) in [6.07, 6.45) is 0.471. The second kappa shape index (κ2) is 11.1. The van der Waals surface area contributed by atoms with Gasteiger partial charge in [0.25, 0.3) is 0 Å². The molecule has 3 aromatic carbocycles. The Morgan fingerprint density at radius 1 is 1.03 bits per heavy atom. The van der Waals surface area contributed by atoms with E-state index in [2.05, 4.69) is 15.9 Å². The number of carbonyl (C=O) groups is 1. The molecule has 0 radical (unpaired) electrons. The number of para-hydroxylation sites is 1. The van der Waals surface area contributed by atoms with Gasteiger partial charge in [-0.05, 0) is 64.8 Å². The SMILES string of the molecule is C[C@H](CCOc1ccc(CC(=O)O)cc1Br)Oc1ccc(Cl)cc1Oc1ccccc1. The summed E-state index contributed by atoms with van der Waals surface area (Å²) in [6.45, 7) is 2.38. The number of carboxylic acids is 1. The minimum absolute atomic E-state index is 0.0295. The van der Waals surface area contributed by atoms with Gasteiger partial charge < -0.3 is 19.3 Å². The Labute approximate surface area is 194 Å². The number of halogens is 2. The molecule has 0 saturated carbocycles. The number of hydrogen-bond acceptors (Lipinski definition) is 4. The molecule has 0 aliphatic heterocycles. The van der Waals surface area contributed by atoms with Crippen molar-refractivity contribution in [2.75, 3.05) is 6.61 Å². The molecule has 31 heavy (non-hydrogen) atoms. The van der Waals surface area contributed by atoms with Crippen LogP contribution in [0.1, 0.15) is 18.9 Å². The number of aliphatic carboxylic acids is 1. The summed E-state index contributed by atoms with van der Waals surface area (Å²) >= 11 is 9.56. The highest BCUT2D eigenvalue weighted by atomic mass is 79.9. The molecule has 3 aromatic rings. The van der Waals surface area contributed by atoms with Crippen LogP contribution in [0.5, 0.6) is 23.0 Å². The molecular weight excluding hydrogens is 484 g/mol. The highest BCUT2D eigenvalue weighted by molar-refractivity contribution is 9.10. The zero-order valence-corrected chi connectivity index (χ0v) is 19.2. The van der Waals surface area contributed by atoms with Gasteiger partial charge in [0.15, 0.2) is 11.5 Å². The molecule has 0 amide bonds. The van der Waals surface area contributed by atoms with E-state index in [1.54, 1.807) is 36.4 Å². The lowest BCUT2D eigenvalue weighted by molar-refractivity contribution is -0.136. The quantitative estimate of drug-likeness (QED) is 0.330. The monoisotopic (exact) mass is 504 g/mol. The van der Waals surface area contributed by atoms with Crippen LogP contribution in [0.15, 0.2) is 71.2 Å². The topological polar surface area (TPSA) is 65.0 Å². The molecule has 0 unspecified atom stereocenters. The van der Waals surface area contributed by atoms with Crippen molar-refractivity contribution in [2.45, 2.75) is 25.9 Å². The second-order valence-corrected chi connectivity index (χ2v) is 8.20. The summed E-state index contributed by atoms with van der Waals surface area (Å²) in [4.78, 5) is 10.8. The van der Waals surface area contributed by atoms with Gasteiger partial charge in [-0.2, -0.15) is 0 Å². The van der Waals surface area contributed by atoms with Crippen molar-refractivity contribution < 1.29 is 24.1 Å². The van der Waals surface area contributed by atoms with Crippen LogP contribution in [-0.2, 0) is 11.2 Å². The van der Waals surface area contributed by atoms with Gasteiger partial charge in [-0.25, -0.2) is 0 Å². The minimum Gasteiger partial charge on any atom is -0.492 e. The molecule has 0 aliphatic carbocycles. The first-order valence-electron chi connectivity index (χ1n) is 9.73. The van der Waals surface area contributed by atoms with Crippen LogP contribution in [0.4, 0.5) is 0 Å². The zero-order chi connectivity index (χ0) is 22.2. The van der Waals surface area contributed by atoms with Gasteiger partial charge in [0, 0.05) is 17.5 Å². The Bertz CT molecular complexity index is 1030. The molecule has 5 nitrogen and oxygen atoms in total. The standard InChI is InChI=1S/C24H22BrClO5/c1-16(11-12-29-21-9-7-17(13-20(21)25)14-24(27)28)30-22-10-8-18(26)15-23(22)31-19-5-3-2-4-6-19/h2-10,13,15-16H,11-12,14H2,1H3,(H,27,28)/t16-/m1/s1. The Kier molecular flexibility index (Phi) is 8.20. The lowest BCUT2D eigenvalue weighted by Gasteiger charge is -2.18. The van der Waals surface area contributed by atoms with Crippen molar-refractivity contribution in [3.8, 4) is 23.0 Å². The summed E-state index contributed by atoms with van der Waals surface area (Å²) in [5.41, 5.74) is 0.706. The first kappa shape index (κ1) is 23.0. The lowest BCUT2D eigenvalue weighted by atomic mass is 10.1. The maximum atomic E-state index is 10.8. The zero-order valence-electron chi connectivity index (χ0n) is 16.9. The van der Waals surface area contributed by atoms with Gasteiger partial charge in [-0.3, -0.25) is 4.79 Å². The van der Waals surface area contributed by atoms with Crippen molar-refractivity contribution in [3.05, 3.63) is 81.8 Å². The third-order valence-electron chi connectivity index (χ3n) is 4.34. The van der Waals surface area contributed by atoms with E-state index in [0.717, 1.165) is 4.47 Å². The van der Waals surface area contributed by atoms with E-state index in [4.69, 9.17) is 30.9 Å². The van der Waals surface area contributed by atoms with Gasteiger partial charge in [0.05, 0.1) is 23.6 Å². The number of hydrogen-bond donors (Lipinski definition) is 1. The average Bonchev–Trinajstić information content (AvgIpc) is 2.72. The van der Waals surface area contributed by atoms with Crippen LogP contribution in [0, 0.1) is 0 Å². The number of rotatable bonds is 10. The van der Waals surface area contributed by atoms with Crippen LogP contribution in [0.3, 0.4) is 0 Å². The van der Waals surface area contributed by atoms with Crippen LogP contribution in [0.2, 0.25) is 5.02 Å². The van der Waals surface area contributed by atoms with E-state index in [1.807, 2.05) is 37.3 Å². The molecule has 0 aromatic heterocycles. The molecule has 162 valence electrons. The van der Waals surface area contributed by atoms with Gasteiger partial charge in [-0.1, -0.05) is 35.9 Å². The van der Waals surface area contributed by atoms with Crippen LogP contribution >= 0.6 is 27.5 Å². The molecule has 7 heteroatoms. The molecule has 1 N–H and O–H groups in total. The number of carboxylic acid groups (broad SMARTS) is 1. The van der Waals surface area contributed by atoms with Crippen LogP contribution < -0.4 is 14.2 Å². The maximum Gasteiger partial charge on any atom is 0.307 e. The average molecular weight is 506 g/mol. The van der Waals surface area contributed by atoms with E-state index in [9.17, 15) is 4.79 Å². The molecular formula is C24H22BrClO5. The maximum absolute atomic E-state index is 10.8. The predicted octanol–water partition coefficient (Wildman–Crippen LogP) is 6.76. The Morgan fingerprint density at radius 3 is 2.48 bits per heavy atom. The van der Waals surface area contributed by atoms with E-state index >= 15 is 0 Å². The number of benzene rings is 3. The summed E-state index contributed by atoms with van der Waals surface area (Å²) in [7, 11) is 0. The first-order valence-corrected chi connectivity index (χ1v) is 10.9. The van der Waals surface area contributed by atoms with E-state index in [0.29, 0.717) is 46.6 Å². The Hall–Kier alpha value is -2.70. The van der Waals surface area contributed by atoms with Gasteiger partial charge >= 0.3 is 5.97 Å². The smallest absolute Gasteiger partial charge is 0.307 e. The molecule has 0 saturated heterocycles. The fraction of sp³-hybridized carbons (Fsp3) is 0.208. The summed E-state index contributed by atoms with van der Waals surface area (Å²) in [5, 5.41) is 9.45. The molecule has 0 aliphatic rings. The highest BCUT2D eigenvalue weighted by Gasteiger charge is 2.13. The van der Waals surface area contributed by atoms with E-state index in [-0.39, 0.29) is 12.5 Å². The molecule has 1 atom stereocenters. The molecule has 3 rings (SSSR count). The van der Waals surface area contributed by atoms with Gasteiger partial charge in [-0.15, -0.1) is 0 Å². The van der Waals surface area contributed by atoms with E-state index in [1.165, 1.54) is 0 Å². The first-order chi connectivity index (χ1) is 14.9. The molecule has 0 fully saturated rings. The summed E-state index contributed by atoms with van der Waals surface area (Å²) in [6, 6.07) is 20.0. The predicted molar refractivity (Wildman–Crippen MR) is 124 cm³/mol. The summed E-state index contributed by atoms with van der Waals surface area (Å²) < 4.78 is 18.5. The summed E-state index contributed by atoms with van der Waals surface area (Å²) in [5.74, 6) is 1.62. The normalized spacial score (nSPS) is 11.6. The van der Waals surface area contributed by atoms with E-state index < -0.39 is 5.97 Å². The fourth-order valence-corrected chi connectivity index (χ4v) is 3.53. The van der Waals surface area contributed by atoms with Crippen LogP contribution in [-0.4, -0.2) is 23.8 Å². The second-order valence-electron chi connectivity index (χ2n) is 6.91. The molecule has 0 bridgehead atoms. The third-order valence-corrected chi connectivity index (χ3v) is 5.19. The largest absolute Gasteiger partial charge is 0.492 e. The van der Waals surface area contributed by atoms with Crippen molar-refractivity contribution in [1.29, 1.82) is 0 Å². The Morgan fingerprint density at radius 2 is 1.77 bits per heavy atom. The van der Waals surface area contributed by atoms with Crippen molar-refractivity contribution in [2.24, 2.45) is 0 Å². The number of ether oxygens (including phenoxy) is 3. The third kappa shape index (κ3) is 7.19. The Balaban J connectivity index is 1.56. The fourth-order valence-electron chi connectivity index (χ4n) is 2.83. The lowest BCUT2D eigenvalue weighted by Crippen LogP contribution is -2.16. The van der Waals surface area contributed by atoms with Crippen LogP contribution in [0.25, 0.3) is 0 Å². The van der Waals surface area contributed by atoms with Gasteiger partial charge in [0.2, 0.25) is 0 Å². The molecule has 0 heterocycles. The van der Waals surface area contributed by atoms with Crippen molar-refractivity contribution in [1.82, 2.24) is 0 Å². The molecule has 0 spiro atoms. The highest BCUT2D eigenvalue weighted by Crippen LogP contribution is 2.35. The van der Waals surface area contributed by atoms with Gasteiger partial charge in [0.1, 0.15) is 11.5 Å². The van der Waals surface area contributed by atoms with Crippen molar-refractivity contribution in [3.63, 3.8) is 0 Å². The van der Waals surface area contributed by atoms with Crippen molar-refractivity contribution >= 4 is 33.5 Å². The minimum atomic E-state index is -0.871.